The Bertz CT molecular complexity index is 322. The van der Waals surface area contributed by atoms with Crippen molar-refractivity contribution in [1.82, 2.24) is 10.6 Å². The van der Waals surface area contributed by atoms with E-state index in [2.05, 4.69) is 16.6 Å². The van der Waals surface area contributed by atoms with Crippen molar-refractivity contribution in [1.29, 1.82) is 0 Å². The highest BCUT2D eigenvalue weighted by Gasteiger charge is 2.32. The van der Waals surface area contributed by atoms with Crippen LogP contribution in [0.25, 0.3) is 0 Å². The van der Waals surface area contributed by atoms with Crippen molar-refractivity contribution >= 4 is 12.0 Å². The van der Waals surface area contributed by atoms with Gasteiger partial charge in [0.05, 0.1) is 5.92 Å². The number of urea groups is 1. The third-order valence-electron chi connectivity index (χ3n) is 3.06. The molecule has 0 aromatic heterocycles. The van der Waals surface area contributed by atoms with Crippen molar-refractivity contribution in [2.24, 2.45) is 11.8 Å². The zero-order chi connectivity index (χ0) is 12.7. The number of carboxylic acids is 1. The number of rotatable bonds is 5. The lowest BCUT2D eigenvalue weighted by Crippen LogP contribution is -2.40. The zero-order valence-electron chi connectivity index (χ0n) is 9.74. The molecule has 0 radical (unpaired) electrons. The summed E-state index contributed by atoms with van der Waals surface area (Å²) < 4.78 is 0. The summed E-state index contributed by atoms with van der Waals surface area (Å²) in [5.41, 5.74) is 0. The van der Waals surface area contributed by atoms with Gasteiger partial charge in [0.2, 0.25) is 0 Å². The van der Waals surface area contributed by atoms with E-state index in [-0.39, 0.29) is 17.9 Å². The first kappa shape index (κ1) is 13.4. The second kappa shape index (κ2) is 6.79. The lowest BCUT2D eigenvalue weighted by molar-refractivity contribution is -0.142. The first-order valence-corrected chi connectivity index (χ1v) is 5.83. The molecular formula is C12H18N2O3. The predicted octanol–water partition coefficient (Wildman–Crippen LogP) is 0.810. The van der Waals surface area contributed by atoms with E-state index in [9.17, 15) is 9.59 Å². The number of aliphatic carboxylic acids is 1. The molecule has 2 amide bonds. The van der Waals surface area contributed by atoms with Gasteiger partial charge in [-0.2, -0.15) is 0 Å². The molecule has 17 heavy (non-hydrogen) atoms. The van der Waals surface area contributed by atoms with Crippen LogP contribution in [-0.2, 0) is 4.79 Å². The van der Waals surface area contributed by atoms with Gasteiger partial charge in [-0.3, -0.25) is 4.79 Å². The molecule has 5 heteroatoms. The van der Waals surface area contributed by atoms with Crippen LogP contribution in [0, 0.1) is 24.2 Å². The average molecular weight is 238 g/mol. The summed E-state index contributed by atoms with van der Waals surface area (Å²) in [5, 5.41) is 14.3. The van der Waals surface area contributed by atoms with Crippen molar-refractivity contribution in [2.45, 2.75) is 25.7 Å². The molecule has 2 atom stereocenters. The van der Waals surface area contributed by atoms with Crippen LogP contribution in [0.3, 0.4) is 0 Å². The van der Waals surface area contributed by atoms with E-state index in [1.54, 1.807) is 0 Å². The molecule has 1 aliphatic rings. The van der Waals surface area contributed by atoms with E-state index in [1.807, 2.05) is 0 Å². The Kier molecular flexibility index (Phi) is 5.34. The molecule has 1 rings (SSSR count). The van der Waals surface area contributed by atoms with Crippen molar-refractivity contribution in [2.75, 3.05) is 13.1 Å². The molecule has 2 unspecified atom stereocenters. The Hall–Kier alpha value is -1.70. The molecule has 5 nitrogen and oxygen atoms in total. The first-order valence-electron chi connectivity index (χ1n) is 5.83. The third-order valence-corrected chi connectivity index (χ3v) is 3.06. The lowest BCUT2D eigenvalue weighted by Gasteiger charge is -2.16. The van der Waals surface area contributed by atoms with Gasteiger partial charge in [-0.25, -0.2) is 4.79 Å². The molecule has 3 N–H and O–H groups in total. The maximum absolute atomic E-state index is 11.3. The van der Waals surface area contributed by atoms with Gasteiger partial charge in [0, 0.05) is 19.5 Å². The Morgan fingerprint density at radius 2 is 2.12 bits per heavy atom. The Labute approximate surface area is 101 Å². The van der Waals surface area contributed by atoms with Crippen LogP contribution in [0.4, 0.5) is 4.79 Å². The van der Waals surface area contributed by atoms with Gasteiger partial charge < -0.3 is 15.7 Å². The first-order chi connectivity index (χ1) is 8.15. The Morgan fingerprint density at radius 1 is 1.35 bits per heavy atom. The minimum Gasteiger partial charge on any atom is -0.481 e. The van der Waals surface area contributed by atoms with E-state index >= 15 is 0 Å². The number of hydrogen-bond donors (Lipinski definition) is 3. The fraction of sp³-hybridized carbons (Fsp3) is 0.667. The van der Waals surface area contributed by atoms with Gasteiger partial charge in [-0.05, 0) is 18.8 Å². The van der Waals surface area contributed by atoms with Gasteiger partial charge in [0.15, 0.2) is 0 Å². The number of carbonyl (C=O) groups excluding carboxylic acids is 1. The summed E-state index contributed by atoms with van der Waals surface area (Å²) >= 11 is 0. The molecular weight excluding hydrogens is 220 g/mol. The van der Waals surface area contributed by atoms with Crippen molar-refractivity contribution in [3.63, 3.8) is 0 Å². The summed E-state index contributed by atoms with van der Waals surface area (Å²) in [6.45, 7) is 0.855. The molecule has 0 spiro atoms. The number of nitrogens with one attached hydrogen (secondary N) is 2. The number of carbonyl (C=O) groups is 2. The molecule has 1 aliphatic carbocycles. The minimum absolute atomic E-state index is 0.0471. The lowest BCUT2D eigenvalue weighted by atomic mass is 9.96. The molecule has 1 saturated carbocycles. The quantitative estimate of drug-likeness (QED) is 0.490. The van der Waals surface area contributed by atoms with Crippen LogP contribution in [-0.4, -0.2) is 30.2 Å². The molecule has 0 bridgehead atoms. The van der Waals surface area contributed by atoms with E-state index in [1.165, 1.54) is 0 Å². The highest BCUT2D eigenvalue weighted by molar-refractivity contribution is 5.74. The normalized spacial score (nSPS) is 22.8. The SMILES string of the molecule is C#CCCNC(=O)NCC1CCCC1C(=O)O. The summed E-state index contributed by atoms with van der Waals surface area (Å²) in [6, 6.07) is -0.281. The Morgan fingerprint density at radius 3 is 2.76 bits per heavy atom. The van der Waals surface area contributed by atoms with Gasteiger partial charge >= 0.3 is 12.0 Å². The van der Waals surface area contributed by atoms with Gasteiger partial charge in [-0.1, -0.05) is 6.42 Å². The van der Waals surface area contributed by atoms with Crippen molar-refractivity contribution in [3.05, 3.63) is 0 Å². The number of carboxylic acid groups (broad SMARTS) is 1. The van der Waals surface area contributed by atoms with Crippen LogP contribution < -0.4 is 10.6 Å². The van der Waals surface area contributed by atoms with E-state index in [0.29, 0.717) is 25.9 Å². The molecule has 0 aromatic rings. The second-order valence-electron chi connectivity index (χ2n) is 4.23. The summed E-state index contributed by atoms with van der Waals surface area (Å²) in [7, 11) is 0. The maximum atomic E-state index is 11.3. The molecule has 0 heterocycles. The van der Waals surface area contributed by atoms with Crippen LogP contribution in [0.2, 0.25) is 0 Å². The van der Waals surface area contributed by atoms with Crippen molar-refractivity contribution in [3.8, 4) is 12.3 Å². The predicted molar refractivity (Wildman–Crippen MR) is 63.3 cm³/mol. The number of amides is 2. The zero-order valence-corrected chi connectivity index (χ0v) is 9.74. The standard InChI is InChI=1S/C12H18N2O3/c1-2-3-7-13-12(17)14-8-9-5-4-6-10(9)11(15)16/h1,9-10H,3-8H2,(H,15,16)(H2,13,14,17). The maximum Gasteiger partial charge on any atom is 0.314 e. The van der Waals surface area contributed by atoms with Gasteiger partial charge in [0.1, 0.15) is 0 Å². The van der Waals surface area contributed by atoms with Gasteiger partial charge in [-0.15, -0.1) is 12.3 Å². The fourth-order valence-electron chi connectivity index (χ4n) is 2.14. The number of hydrogen-bond acceptors (Lipinski definition) is 2. The van der Waals surface area contributed by atoms with Gasteiger partial charge in [0.25, 0.3) is 0 Å². The van der Waals surface area contributed by atoms with Crippen LogP contribution in [0.5, 0.6) is 0 Å². The Balaban J connectivity index is 2.23. The number of terminal acetylenes is 1. The molecule has 0 aromatic carbocycles. The molecule has 1 fully saturated rings. The summed E-state index contributed by atoms with van der Waals surface area (Å²) in [5.74, 6) is 1.39. The summed E-state index contributed by atoms with van der Waals surface area (Å²) in [4.78, 5) is 22.2. The van der Waals surface area contributed by atoms with Crippen LogP contribution >= 0.6 is 0 Å². The minimum atomic E-state index is -0.762. The monoisotopic (exact) mass is 238 g/mol. The van der Waals surface area contributed by atoms with Crippen molar-refractivity contribution < 1.29 is 14.7 Å². The fourth-order valence-corrected chi connectivity index (χ4v) is 2.14. The highest BCUT2D eigenvalue weighted by Crippen LogP contribution is 2.31. The second-order valence-corrected chi connectivity index (χ2v) is 4.23. The van der Waals surface area contributed by atoms with E-state index in [0.717, 1.165) is 12.8 Å². The van der Waals surface area contributed by atoms with Crippen LogP contribution in [0.15, 0.2) is 0 Å². The molecule has 0 saturated heterocycles. The van der Waals surface area contributed by atoms with E-state index in [4.69, 9.17) is 11.5 Å². The summed E-state index contributed by atoms with van der Waals surface area (Å²) in [6.07, 6.45) is 8.04. The molecule has 0 aliphatic heterocycles. The largest absolute Gasteiger partial charge is 0.481 e. The topological polar surface area (TPSA) is 78.4 Å². The third kappa shape index (κ3) is 4.35. The molecule has 94 valence electrons. The smallest absolute Gasteiger partial charge is 0.314 e. The van der Waals surface area contributed by atoms with E-state index < -0.39 is 5.97 Å². The van der Waals surface area contributed by atoms with Crippen LogP contribution in [0.1, 0.15) is 25.7 Å². The average Bonchev–Trinajstić information content (AvgIpc) is 2.75. The highest BCUT2D eigenvalue weighted by atomic mass is 16.4.